The van der Waals surface area contributed by atoms with E-state index < -0.39 is 0 Å². The number of piperazine rings is 1. The predicted octanol–water partition coefficient (Wildman–Crippen LogP) is 2.58. The standard InChI is InChI=1S/C16H27N3O/c1-11(2)20-15-8-6-7-14(16(15)17)19-9-12(3)18(5)13(4)10-19/h6-8,11-13H,9-10,17H2,1-5H3. The molecule has 0 saturated carbocycles. The molecule has 2 rings (SSSR count). The van der Waals surface area contributed by atoms with E-state index >= 15 is 0 Å². The van der Waals surface area contributed by atoms with Crippen LogP contribution in [0.15, 0.2) is 18.2 Å². The minimum absolute atomic E-state index is 0.137. The van der Waals surface area contributed by atoms with Gasteiger partial charge in [-0.25, -0.2) is 0 Å². The molecule has 0 radical (unpaired) electrons. The lowest BCUT2D eigenvalue weighted by molar-refractivity contribution is 0.170. The van der Waals surface area contributed by atoms with Crippen LogP contribution in [0.2, 0.25) is 0 Å². The van der Waals surface area contributed by atoms with Crippen LogP contribution in [0, 0.1) is 0 Å². The van der Waals surface area contributed by atoms with E-state index in [1.165, 1.54) is 0 Å². The molecule has 1 fully saturated rings. The Bertz CT molecular complexity index is 449. The lowest BCUT2D eigenvalue weighted by atomic mass is 10.1. The first-order chi connectivity index (χ1) is 9.40. The highest BCUT2D eigenvalue weighted by Gasteiger charge is 2.27. The Morgan fingerprint density at radius 3 is 2.35 bits per heavy atom. The van der Waals surface area contributed by atoms with Crippen molar-refractivity contribution in [3.63, 3.8) is 0 Å². The number of rotatable bonds is 3. The fourth-order valence-corrected chi connectivity index (χ4v) is 2.77. The molecule has 0 aromatic heterocycles. The molecule has 4 nitrogen and oxygen atoms in total. The van der Waals surface area contributed by atoms with E-state index in [9.17, 15) is 0 Å². The number of likely N-dealkylation sites (N-methyl/N-ethyl adjacent to an activating group) is 1. The van der Waals surface area contributed by atoms with Gasteiger partial charge in [-0.05, 0) is 46.9 Å². The molecule has 1 aliphatic rings. The smallest absolute Gasteiger partial charge is 0.144 e. The first-order valence-corrected chi connectivity index (χ1v) is 7.42. The maximum atomic E-state index is 6.31. The Hall–Kier alpha value is -1.42. The summed E-state index contributed by atoms with van der Waals surface area (Å²) in [7, 11) is 2.19. The summed E-state index contributed by atoms with van der Waals surface area (Å²) in [6, 6.07) is 7.10. The summed E-state index contributed by atoms with van der Waals surface area (Å²) in [4.78, 5) is 4.79. The lowest BCUT2D eigenvalue weighted by Gasteiger charge is -2.43. The van der Waals surface area contributed by atoms with E-state index in [2.05, 4.69) is 36.8 Å². The van der Waals surface area contributed by atoms with Crippen molar-refractivity contribution in [2.45, 2.75) is 45.9 Å². The number of anilines is 2. The lowest BCUT2D eigenvalue weighted by Crippen LogP contribution is -2.55. The Balaban J connectivity index is 2.24. The molecule has 2 unspecified atom stereocenters. The number of para-hydroxylation sites is 1. The molecule has 2 atom stereocenters. The molecule has 0 spiro atoms. The fourth-order valence-electron chi connectivity index (χ4n) is 2.77. The Morgan fingerprint density at radius 2 is 1.80 bits per heavy atom. The molecular weight excluding hydrogens is 250 g/mol. The van der Waals surface area contributed by atoms with E-state index in [0.717, 1.165) is 30.2 Å². The van der Waals surface area contributed by atoms with Gasteiger partial charge in [-0.3, -0.25) is 4.90 Å². The summed E-state index contributed by atoms with van der Waals surface area (Å²) < 4.78 is 5.79. The first-order valence-electron chi connectivity index (χ1n) is 7.42. The molecule has 4 heteroatoms. The molecule has 0 amide bonds. The van der Waals surface area contributed by atoms with E-state index in [0.29, 0.717) is 12.1 Å². The molecule has 1 aromatic rings. The number of nitrogen functional groups attached to an aromatic ring is 1. The van der Waals surface area contributed by atoms with Crippen LogP contribution in [0.4, 0.5) is 11.4 Å². The number of nitrogens with two attached hydrogens (primary N) is 1. The zero-order valence-electron chi connectivity index (χ0n) is 13.3. The van der Waals surface area contributed by atoms with E-state index in [1.54, 1.807) is 0 Å². The average Bonchev–Trinajstić information content (AvgIpc) is 2.37. The third kappa shape index (κ3) is 3.01. The van der Waals surface area contributed by atoms with Gasteiger partial charge in [0, 0.05) is 25.2 Å². The summed E-state index contributed by atoms with van der Waals surface area (Å²) in [6.45, 7) is 10.5. The number of benzene rings is 1. The van der Waals surface area contributed by atoms with Crippen LogP contribution in [-0.4, -0.2) is 43.2 Å². The summed E-state index contributed by atoms with van der Waals surface area (Å²) in [5, 5.41) is 0. The Morgan fingerprint density at radius 1 is 1.20 bits per heavy atom. The maximum absolute atomic E-state index is 6.31. The molecule has 0 bridgehead atoms. The van der Waals surface area contributed by atoms with Crippen LogP contribution in [0.1, 0.15) is 27.7 Å². The van der Waals surface area contributed by atoms with Gasteiger partial charge in [0.15, 0.2) is 0 Å². The third-order valence-corrected chi connectivity index (χ3v) is 4.11. The molecule has 112 valence electrons. The molecular formula is C16H27N3O. The van der Waals surface area contributed by atoms with E-state index in [-0.39, 0.29) is 6.10 Å². The second kappa shape index (κ2) is 5.92. The minimum Gasteiger partial charge on any atom is -0.489 e. The average molecular weight is 277 g/mol. The highest BCUT2D eigenvalue weighted by molar-refractivity contribution is 5.74. The third-order valence-electron chi connectivity index (χ3n) is 4.11. The van der Waals surface area contributed by atoms with E-state index in [1.807, 2.05) is 26.0 Å². The van der Waals surface area contributed by atoms with Crippen molar-refractivity contribution in [1.29, 1.82) is 0 Å². The van der Waals surface area contributed by atoms with Crippen molar-refractivity contribution in [3.8, 4) is 5.75 Å². The Kier molecular flexibility index (Phi) is 4.43. The zero-order chi connectivity index (χ0) is 14.9. The summed E-state index contributed by atoms with van der Waals surface area (Å²) >= 11 is 0. The van der Waals surface area contributed by atoms with Crippen LogP contribution in [0.5, 0.6) is 5.75 Å². The molecule has 2 N–H and O–H groups in total. The number of hydrogen-bond acceptors (Lipinski definition) is 4. The molecule has 0 aliphatic carbocycles. The second-order valence-corrected chi connectivity index (χ2v) is 6.12. The van der Waals surface area contributed by atoms with Crippen molar-refractivity contribution in [3.05, 3.63) is 18.2 Å². The number of ether oxygens (including phenoxy) is 1. The molecule has 1 aromatic carbocycles. The molecule has 20 heavy (non-hydrogen) atoms. The van der Waals surface area contributed by atoms with Crippen molar-refractivity contribution in [1.82, 2.24) is 4.90 Å². The van der Waals surface area contributed by atoms with Gasteiger partial charge in [-0.1, -0.05) is 6.07 Å². The van der Waals surface area contributed by atoms with Crippen LogP contribution >= 0.6 is 0 Å². The topological polar surface area (TPSA) is 41.7 Å². The zero-order valence-corrected chi connectivity index (χ0v) is 13.3. The predicted molar refractivity (Wildman–Crippen MR) is 85.5 cm³/mol. The first kappa shape index (κ1) is 15.0. The summed E-state index contributed by atoms with van der Waals surface area (Å²) in [5.41, 5.74) is 8.16. The highest BCUT2D eigenvalue weighted by atomic mass is 16.5. The molecule has 1 heterocycles. The van der Waals surface area contributed by atoms with Gasteiger partial charge in [-0.15, -0.1) is 0 Å². The van der Waals surface area contributed by atoms with Gasteiger partial charge in [-0.2, -0.15) is 0 Å². The fraction of sp³-hybridized carbons (Fsp3) is 0.625. The Labute approximate surface area is 122 Å². The summed E-state index contributed by atoms with van der Waals surface area (Å²) in [5.74, 6) is 0.789. The number of nitrogens with zero attached hydrogens (tertiary/aromatic N) is 2. The highest BCUT2D eigenvalue weighted by Crippen LogP contribution is 2.34. The second-order valence-electron chi connectivity index (χ2n) is 6.12. The van der Waals surface area contributed by atoms with Crippen LogP contribution < -0.4 is 15.4 Å². The van der Waals surface area contributed by atoms with E-state index in [4.69, 9.17) is 10.5 Å². The monoisotopic (exact) mass is 277 g/mol. The normalized spacial score (nSPS) is 24.2. The molecule has 1 aliphatic heterocycles. The minimum atomic E-state index is 0.137. The number of hydrogen-bond donors (Lipinski definition) is 1. The van der Waals surface area contributed by atoms with Crippen molar-refractivity contribution in [2.24, 2.45) is 0 Å². The van der Waals surface area contributed by atoms with Gasteiger partial charge in [0.1, 0.15) is 5.75 Å². The van der Waals surface area contributed by atoms with Gasteiger partial charge in [0.25, 0.3) is 0 Å². The van der Waals surface area contributed by atoms with Crippen molar-refractivity contribution < 1.29 is 4.74 Å². The SMILES string of the molecule is CC(C)Oc1cccc(N2CC(C)N(C)C(C)C2)c1N. The molecule has 1 saturated heterocycles. The maximum Gasteiger partial charge on any atom is 0.144 e. The quantitative estimate of drug-likeness (QED) is 0.862. The van der Waals surface area contributed by atoms with Crippen LogP contribution in [0.25, 0.3) is 0 Å². The van der Waals surface area contributed by atoms with Gasteiger partial charge in [0.05, 0.1) is 17.5 Å². The largest absolute Gasteiger partial charge is 0.489 e. The van der Waals surface area contributed by atoms with Gasteiger partial charge >= 0.3 is 0 Å². The van der Waals surface area contributed by atoms with Crippen LogP contribution in [0.3, 0.4) is 0 Å². The summed E-state index contributed by atoms with van der Waals surface area (Å²) in [6.07, 6.45) is 0.137. The van der Waals surface area contributed by atoms with Gasteiger partial charge in [0.2, 0.25) is 0 Å². The van der Waals surface area contributed by atoms with Crippen LogP contribution in [-0.2, 0) is 0 Å². The van der Waals surface area contributed by atoms with Crippen molar-refractivity contribution in [2.75, 3.05) is 30.8 Å². The van der Waals surface area contributed by atoms with Crippen molar-refractivity contribution >= 4 is 11.4 Å². The van der Waals surface area contributed by atoms with Gasteiger partial charge < -0.3 is 15.4 Å².